The van der Waals surface area contributed by atoms with E-state index in [-0.39, 0.29) is 0 Å². The SMILES string of the molecule is C=CNC(=C(C)C)c1ccc(CNC=O)cc1. The number of nitrogens with one attached hydrogen (secondary N) is 2. The first-order valence-corrected chi connectivity index (χ1v) is 5.50. The summed E-state index contributed by atoms with van der Waals surface area (Å²) in [7, 11) is 0. The molecular weight excluding hydrogens is 212 g/mol. The lowest BCUT2D eigenvalue weighted by Gasteiger charge is -2.10. The van der Waals surface area contributed by atoms with Crippen molar-refractivity contribution < 1.29 is 4.79 Å². The predicted octanol–water partition coefficient (Wildman–Crippen LogP) is 2.42. The van der Waals surface area contributed by atoms with Crippen molar-refractivity contribution >= 4 is 12.1 Å². The van der Waals surface area contributed by atoms with Crippen LogP contribution in [0.1, 0.15) is 25.0 Å². The highest BCUT2D eigenvalue weighted by Gasteiger charge is 2.01. The second-order valence-electron chi connectivity index (χ2n) is 3.92. The van der Waals surface area contributed by atoms with Crippen molar-refractivity contribution in [3.05, 3.63) is 53.7 Å². The van der Waals surface area contributed by atoms with E-state index in [0.29, 0.717) is 13.0 Å². The summed E-state index contributed by atoms with van der Waals surface area (Å²) in [6.45, 7) is 8.33. The molecule has 0 bridgehead atoms. The summed E-state index contributed by atoms with van der Waals surface area (Å²) in [5.41, 5.74) is 4.45. The van der Waals surface area contributed by atoms with Gasteiger partial charge in [0, 0.05) is 12.2 Å². The fourth-order valence-electron chi connectivity index (χ4n) is 1.57. The highest BCUT2D eigenvalue weighted by atomic mass is 16.1. The molecular formula is C14H18N2O. The zero-order valence-corrected chi connectivity index (χ0v) is 10.3. The number of rotatable bonds is 6. The van der Waals surface area contributed by atoms with Crippen LogP contribution in [-0.2, 0) is 11.3 Å². The molecule has 1 aromatic carbocycles. The Labute approximate surface area is 102 Å². The molecule has 0 aliphatic carbocycles. The van der Waals surface area contributed by atoms with Gasteiger partial charge in [0.15, 0.2) is 0 Å². The van der Waals surface area contributed by atoms with Gasteiger partial charge in [-0.2, -0.15) is 0 Å². The van der Waals surface area contributed by atoms with Gasteiger partial charge in [-0.1, -0.05) is 36.4 Å². The van der Waals surface area contributed by atoms with Crippen LogP contribution in [0.15, 0.2) is 42.6 Å². The van der Waals surface area contributed by atoms with E-state index in [0.717, 1.165) is 16.8 Å². The minimum absolute atomic E-state index is 0.558. The Bertz CT molecular complexity index is 414. The van der Waals surface area contributed by atoms with E-state index >= 15 is 0 Å². The molecule has 2 N–H and O–H groups in total. The van der Waals surface area contributed by atoms with E-state index in [1.54, 1.807) is 6.20 Å². The number of allylic oxidation sites excluding steroid dienone is 1. The molecule has 3 nitrogen and oxygen atoms in total. The molecule has 0 spiro atoms. The monoisotopic (exact) mass is 230 g/mol. The number of carbonyl (C=O) groups excluding carboxylic acids is 1. The molecule has 0 fully saturated rings. The van der Waals surface area contributed by atoms with Gasteiger partial charge in [-0.15, -0.1) is 0 Å². The van der Waals surface area contributed by atoms with Crippen molar-refractivity contribution in [2.24, 2.45) is 0 Å². The van der Waals surface area contributed by atoms with Crippen LogP contribution >= 0.6 is 0 Å². The van der Waals surface area contributed by atoms with Gasteiger partial charge in [-0.05, 0) is 31.2 Å². The van der Waals surface area contributed by atoms with Crippen LogP contribution in [-0.4, -0.2) is 6.41 Å². The van der Waals surface area contributed by atoms with Crippen LogP contribution in [0.25, 0.3) is 5.70 Å². The second kappa shape index (κ2) is 6.53. The third-order valence-electron chi connectivity index (χ3n) is 2.38. The topological polar surface area (TPSA) is 41.1 Å². The smallest absolute Gasteiger partial charge is 0.207 e. The first kappa shape index (κ1) is 13.0. The fourth-order valence-corrected chi connectivity index (χ4v) is 1.57. The molecule has 0 atom stereocenters. The Balaban J connectivity index is 2.88. The minimum atomic E-state index is 0.558. The summed E-state index contributed by atoms with van der Waals surface area (Å²) in [5, 5.41) is 5.77. The molecule has 0 heterocycles. The highest BCUT2D eigenvalue weighted by Crippen LogP contribution is 2.16. The van der Waals surface area contributed by atoms with E-state index in [2.05, 4.69) is 17.2 Å². The largest absolute Gasteiger partial charge is 0.362 e. The summed E-state index contributed by atoms with van der Waals surface area (Å²) in [6, 6.07) is 8.06. The molecule has 3 heteroatoms. The third kappa shape index (κ3) is 3.79. The summed E-state index contributed by atoms with van der Waals surface area (Å²) < 4.78 is 0. The molecule has 0 saturated carbocycles. The van der Waals surface area contributed by atoms with Crippen molar-refractivity contribution in [3.8, 4) is 0 Å². The molecule has 0 unspecified atom stereocenters. The number of benzene rings is 1. The van der Waals surface area contributed by atoms with Crippen LogP contribution in [0, 0.1) is 0 Å². The van der Waals surface area contributed by atoms with Crippen molar-refractivity contribution in [1.29, 1.82) is 0 Å². The van der Waals surface area contributed by atoms with E-state index in [9.17, 15) is 4.79 Å². The van der Waals surface area contributed by atoms with Gasteiger partial charge in [0.2, 0.25) is 6.41 Å². The van der Waals surface area contributed by atoms with Crippen LogP contribution in [0.5, 0.6) is 0 Å². The Morgan fingerprint density at radius 2 is 1.94 bits per heavy atom. The van der Waals surface area contributed by atoms with Gasteiger partial charge >= 0.3 is 0 Å². The van der Waals surface area contributed by atoms with Gasteiger partial charge in [0.05, 0.1) is 0 Å². The van der Waals surface area contributed by atoms with Crippen LogP contribution < -0.4 is 10.6 Å². The molecule has 0 aliphatic heterocycles. The number of hydrogen-bond acceptors (Lipinski definition) is 2. The first-order valence-electron chi connectivity index (χ1n) is 5.50. The first-order chi connectivity index (χ1) is 8.19. The summed E-state index contributed by atoms with van der Waals surface area (Å²) >= 11 is 0. The average molecular weight is 230 g/mol. The quantitative estimate of drug-likeness (QED) is 0.737. The minimum Gasteiger partial charge on any atom is -0.362 e. The van der Waals surface area contributed by atoms with E-state index in [4.69, 9.17) is 0 Å². The molecule has 0 aromatic heterocycles. The standard InChI is InChI=1S/C14H18N2O/c1-4-16-14(11(2)3)13-7-5-12(6-8-13)9-15-10-17/h4-8,10,16H,1,9H2,2-3H3,(H,15,17). The lowest BCUT2D eigenvalue weighted by molar-refractivity contribution is -0.109. The zero-order valence-electron chi connectivity index (χ0n) is 10.3. The number of carbonyl (C=O) groups is 1. The normalized spacial score (nSPS) is 9.29. The van der Waals surface area contributed by atoms with Gasteiger partial charge < -0.3 is 10.6 Å². The second-order valence-corrected chi connectivity index (χ2v) is 3.92. The predicted molar refractivity (Wildman–Crippen MR) is 70.9 cm³/mol. The summed E-state index contributed by atoms with van der Waals surface area (Å²) in [4.78, 5) is 10.2. The van der Waals surface area contributed by atoms with Crippen molar-refractivity contribution in [2.75, 3.05) is 0 Å². The maximum Gasteiger partial charge on any atom is 0.207 e. The Kier molecular flexibility index (Phi) is 5.01. The number of amides is 1. The highest BCUT2D eigenvalue weighted by molar-refractivity contribution is 5.67. The average Bonchev–Trinajstić information content (AvgIpc) is 2.34. The van der Waals surface area contributed by atoms with Crippen molar-refractivity contribution in [2.45, 2.75) is 20.4 Å². The van der Waals surface area contributed by atoms with Crippen molar-refractivity contribution in [1.82, 2.24) is 10.6 Å². The molecule has 1 rings (SSSR count). The molecule has 0 saturated heterocycles. The van der Waals surface area contributed by atoms with Crippen molar-refractivity contribution in [3.63, 3.8) is 0 Å². The maximum atomic E-state index is 10.2. The van der Waals surface area contributed by atoms with Gasteiger partial charge in [-0.3, -0.25) is 4.79 Å². The molecule has 0 radical (unpaired) electrons. The summed E-state index contributed by atoms with van der Waals surface area (Å²) in [6.07, 6.45) is 2.37. The Morgan fingerprint density at radius 3 is 2.41 bits per heavy atom. The van der Waals surface area contributed by atoms with Gasteiger partial charge in [0.25, 0.3) is 0 Å². The molecule has 17 heavy (non-hydrogen) atoms. The maximum absolute atomic E-state index is 10.2. The van der Waals surface area contributed by atoms with Gasteiger partial charge in [0.1, 0.15) is 0 Å². The van der Waals surface area contributed by atoms with E-state index in [1.165, 1.54) is 5.57 Å². The molecule has 1 aromatic rings. The molecule has 0 aliphatic rings. The fraction of sp³-hybridized carbons (Fsp3) is 0.214. The van der Waals surface area contributed by atoms with Gasteiger partial charge in [-0.25, -0.2) is 0 Å². The Hall–Kier alpha value is -2.03. The van der Waals surface area contributed by atoms with E-state index in [1.807, 2.05) is 38.1 Å². The number of hydrogen-bond donors (Lipinski definition) is 2. The van der Waals surface area contributed by atoms with Crippen LogP contribution in [0.4, 0.5) is 0 Å². The van der Waals surface area contributed by atoms with E-state index < -0.39 is 0 Å². The lowest BCUT2D eigenvalue weighted by Crippen LogP contribution is -2.10. The molecule has 90 valence electrons. The third-order valence-corrected chi connectivity index (χ3v) is 2.38. The van der Waals surface area contributed by atoms with Crippen LogP contribution in [0.2, 0.25) is 0 Å². The Morgan fingerprint density at radius 1 is 1.29 bits per heavy atom. The summed E-state index contributed by atoms with van der Waals surface area (Å²) in [5.74, 6) is 0. The van der Waals surface area contributed by atoms with Crippen LogP contribution in [0.3, 0.4) is 0 Å². The molecule has 1 amide bonds. The zero-order chi connectivity index (χ0) is 12.7. The lowest BCUT2D eigenvalue weighted by atomic mass is 10.1.